The number of methoxy groups -OCH3 is 1. The minimum Gasteiger partial charge on any atom is -0.497 e. The van der Waals surface area contributed by atoms with Crippen molar-refractivity contribution >= 4 is 12.4 Å². The van der Waals surface area contributed by atoms with Gasteiger partial charge in [0.05, 0.1) is 7.11 Å². The van der Waals surface area contributed by atoms with Crippen LogP contribution < -0.4 is 14.8 Å². The van der Waals surface area contributed by atoms with Crippen LogP contribution in [0.4, 0.5) is 0 Å². The summed E-state index contributed by atoms with van der Waals surface area (Å²) in [6.07, 6.45) is 4.02. The molecule has 0 amide bonds. The Balaban J connectivity index is 0.00000225. The number of hydrogen-bond acceptors (Lipinski definition) is 3. The molecule has 0 spiro atoms. The van der Waals surface area contributed by atoms with Crippen molar-refractivity contribution in [3.63, 3.8) is 0 Å². The van der Waals surface area contributed by atoms with Gasteiger partial charge in [0.25, 0.3) is 0 Å². The van der Waals surface area contributed by atoms with Gasteiger partial charge in [0.1, 0.15) is 18.1 Å². The van der Waals surface area contributed by atoms with Gasteiger partial charge in [0.2, 0.25) is 0 Å². The standard InChI is InChI=1S/C12H17NO2.ClH/c1-13-9-3-4-10-15-12-7-5-11(14-2)6-8-12;/h3-8,13H,9-10H2,1-2H3;1H. The van der Waals surface area contributed by atoms with Crippen LogP contribution in [0.2, 0.25) is 0 Å². The number of nitrogens with one attached hydrogen (secondary N) is 1. The van der Waals surface area contributed by atoms with Crippen molar-refractivity contribution in [3.05, 3.63) is 36.4 Å². The Morgan fingerprint density at radius 3 is 2.31 bits per heavy atom. The Morgan fingerprint density at radius 2 is 1.75 bits per heavy atom. The molecule has 16 heavy (non-hydrogen) atoms. The zero-order valence-corrected chi connectivity index (χ0v) is 10.4. The number of hydrogen-bond donors (Lipinski definition) is 1. The lowest BCUT2D eigenvalue weighted by Crippen LogP contribution is -2.04. The van der Waals surface area contributed by atoms with Crippen LogP contribution in [0.25, 0.3) is 0 Å². The summed E-state index contributed by atoms with van der Waals surface area (Å²) in [5, 5.41) is 3.02. The molecule has 0 unspecified atom stereocenters. The van der Waals surface area contributed by atoms with Gasteiger partial charge >= 0.3 is 0 Å². The first-order chi connectivity index (χ1) is 7.36. The van der Waals surface area contributed by atoms with Crippen LogP contribution >= 0.6 is 12.4 Å². The zero-order valence-electron chi connectivity index (χ0n) is 9.60. The van der Waals surface area contributed by atoms with Crippen molar-refractivity contribution in [2.45, 2.75) is 0 Å². The highest BCUT2D eigenvalue weighted by molar-refractivity contribution is 5.85. The molecule has 4 heteroatoms. The summed E-state index contributed by atoms with van der Waals surface area (Å²) in [6, 6.07) is 7.55. The fourth-order valence-electron chi connectivity index (χ4n) is 1.09. The molecular formula is C12H18ClNO2. The molecule has 3 nitrogen and oxygen atoms in total. The van der Waals surface area contributed by atoms with Gasteiger partial charge in [0, 0.05) is 6.54 Å². The minimum absolute atomic E-state index is 0. The molecule has 0 bridgehead atoms. The first-order valence-electron chi connectivity index (χ1n) is 4.93. The Bertz CT molecular complexity index is 298. The number of ether oxygens (including phenoxy) is 2. The lowest BCUT2D eigenvalue weighted by molar-refractivity contribution is 0.360. The third-order valence-corrected chi connectivity index (χ3v) is 1.89. The van der Waals surface area contributed by atoms with Gasteiger partial charge in [-0.2, -0.15) is 0 Å². The summed E-state index contributed by atoms with van der Waals surface area (Å²) in [5.41, 5.74) is 0. The van der Waals surface area contributed by atoms with Gasteiger partial charge in [-0.1, -0.05) is 12.2 Å². The SMILES string of the molecule is CNCC=CCOc1ccc(OC)cc1.Cl. The van der Waals surface area contributed by atoms with Crippen LogP contribution in [0.15, 0.2) is 36.4 Å². The molecule has 0 aliphatic carbocycles. The average molecular weight is 244 g/mol. The summed E-state index contributed by atoms with van der Waals surface area (Å²) in [7, 11) is 3.56. The molecule has 1 aromatic carbocycles. The van der Waals surface area contributed by atoms with E-state index in [4.69, 9.17) is 9.47 Å². The molecule has 1 rings (SSSR count). The summed E-state index contributed by atoms with van der Waals surface area (Å²) in [6.45, 7) is 1.46. The van der Waals surface area contributed by atoms with Crippen LogP contribution in [0.1, 0.15) is 0 Å². The highest BCUT2D eigenvalue weighted by atomic mass is 35.5. The molecule has 0 saturated heterocycles. The van der Waals surface area contributed by atoms with E-state index >= 15 is 0 Å². The third-order valence-electron chi connectivity index (χ3n) is 1.89. The minimum atomic E-state index is 0. The predicted molar refractivity (Wildman–Crippen MR) is 68.8 cm³/mol. The number of likely N-dealkylation sites (N-methyl/N-ethyl adjacent to an activating group) is 1. The van der Waals surface area contributed by atoms with E-state index in [0.717, 1.165) is 18.0 Å². The van der Waals surface area contributed by atoms with Crippen molar-refractivity contribution < 1.29 is 9.47 Å². The Labute approximate surface area is 103 Å². The van der Waals surface area contributed by atoms with Gasteiger partial charge in [-0.05, 0) is 31.3 Å². The molecule has 0 heterocycles. The molecule has 0 fully saturated rings. The maximum atomic E-state index is 5.48. The molecule has 0 aliphatic rings. The zero-order chi connectivity index (χ0) is 10.9. The van der Waals surface area contributed by atoms with Crippen molar-refractivity contribution in [2.24, 2.45) is 0 Å². The van der Waals surface area contributed by atoms with Crippen molar-refractivity contribution in [1.29, 1.82) is 0 Å². The quantitative estimate of drug-likeness (QED) is 0.778. The molecule has 0 atom stereocenters. The second kappa shape index (κ2) is 9.07. The molecule has 0 aromatic heterocycles. The Hall–Kier alpha value is -1.19. The molecule has 1 aromatic rings. The maximum absolute atomic E-state index is 5.48. The highest BCUT2D eigenvalue weighted by Gasteiger charge is 1.92. The normalized spacial score (nSPS) is 9.88. The lowest BCUT2D eigenvalue weighted by atomic mass is 10.3. The topological polar surface area (TPSA) is 30.5 Å². The van der Waals surface area contributed by atoms with Crippen LogP contribution in [0, 0.1) is 0 Å². The Morgan fingerprint density at radius 1 is 1.12 bits per heavy atom. The molecule has 0 aliphatic heterocycles. The second-order valence-electron chi connectivity index (χ2n) is 3.02. The second-order valence-corrected chi connectivity index (χ2v) is 3.02. The van der Waals surface area contributed by atoms with Gasteiger partial charge in [-0.15, -0.1) is 12.4 Å². The van der Waals surface area contributed by atoms with E-state index < -0.39 is 0 Å². The largest absolute Gasteiger partial charge is 0.497 e. The molecule has 1 N–H and O–H groups in total. The van der Waals surface area contributed by atoms with E-state index in [1.54, 1.807) is 7.11 Å². The van der Waals surface area contributed by atoms with Crippen LogP contribution in [0.3, 0.4) is 0 Å². The maximum Gasteiger partial charge on any atom is 0.120 e. The summed E-state index contributed by atoms with van der Waals surface area (Å²) in [5.74, 6) is 1.69. The predicted octanol–water partition coefficient (Wildman–Crippen LogP) is 2.27. The first-order valence-corrected chi connectivity index (χ1v) is 4.93. The number of benzene rings is 1. The van der Waals surface area contributed by atoms with E-state index in [1.807, 2.05) is 43.5 Å². The van der Waals surface area contributed by atoms with Crippen molar-refractivity contribution in [3.8, 4) is 11.5 Å². The smallest absolute Gasteiger partial charge is 0.120 e. The monoisotopic (exact) mass is 243 g/mol. The average Bonchev–Trinajstić information content (AvgIpc) is 2.30. The van der Waals surface area contributed by atoms with Crippen LogP contribution in [-0.4, -0.2) is 27.3 Å². The fourth-order valence-corrected chi connectivity index (χ4v) is 1.09. The van der Waals surface area contributed by atoms with E-state index in [1.165, 1.54) is 0 Å². The van der Waals surface area contributed by atoms with E-state index in [2.05, 4.69) is 5.32 Å². The van der Waals surface area contributed by atoms with Gasteiger partial charge < -0.3 is 14.8 Å². The fraction of sp³-hybridized carbons (Fsp3) is 0.333. The highest BCUT2D eigenvalue weighted by Crippen LogP contribution is 2.16. The molecule has 0 saturated carbocycles. The van der Waals surface area contributed by atoms with Gasteiger partial charge in [-0.25, -0.2) is 0 Å². The number of rotatable bonds is 6. The lowest BCUT2D eigenvalue weighted by Gasteiger charge is -2.04. The van der Waals surface area contributed by atoms with Gasteiger partial charge in [-0.3, -0.25) is 0 Å². The Kier molecular flexibility index (Phi) is 8.39. The van der Waals surface area contributed by atoms with E-state index in [9.17, 15) is 0 Å². The summed E-state index contributed by atoms with van der Waals surface area (Å²) in [4.78, 5) is 0. The van der Waals surface area contributed by atoms with E-state index in [-0.39, 0.29) is 12.4 Å². The van der Waals surface area contributed by atoms with Gasteiger partial charge in [0.15, 0.2) is 0 Å². The summed E-state index contributed by atoms with van der Waals surface area (Å²) >= 11 is 0. The first kappa shape index (κ1) is 14.8. The number of halogens is 1. The van der Waals surface area contributed by atoms with Crippen LogP contribution in [0.5, 0.6) is 11.5 Å². The van der Waals surface area contributed by atoms with E-state index in [0.29, 0.717) is 6.61 Å². The van der Waals surface area contributed by atoms with Crippen molar-refractivity contribution in [2.75, 3.05) is 27.3 Å². The molecular weight excluding hydrogens is 226 g/mol. The van der Waals surface area contributed by atoms with Crippen LogP contribution in [-0.2, 0) is 0 Å². The summed E-state index contributed by atoms with van der Waals surface area (Å²) < 4.78 is 10.5. The van der Waals surface area contributed by atoms with Crippen molar-refractivity contribution in [1.82, 2.24) is 5.32 Å². The third kappa shape index (κ3) is 5.63. The molecule has 0 radical (unpaired) electrons. The molecule has 90 valence electrons.